The zero-order valence-corrected chi connectivity index (χ0v) is 45.2. The first-order valence-electron chi connectivity index (χ1n) is 26.1. The minimum absolute atomic E-state index is 0.0637. The second-order valence-electron chi connectivity index (χ2n) is 18.4. The predicted octanol–water partition coefficient (Wildman–Crippen LogP) is 0.734. The van der Waals surface area contributed by atoms with Gasteiger partial charge in [0.05, 0.1) is 22.2 Å². The molecule has 84 heavy (non-hydrogen) atoms. The van der Waals surface area contributed by atoms with Crippen molar-refractivity contribution in [2.24, 2.45) is 0 Å². The Hall–Kier alpha value is -9.84. The fourth-order valence-corrected chi connectivity index (χ4v) is 7.65. The number of hydrogen-bond donors (Lipinski definition) is 15. The number of amides is 5. The molecule has 5 amide bonds. The van der Waals surface area contributed by atoms with Crippen LogP contribution in [0.4, 0.5) is 48.6 Å². The molecule has 0 fully saturated rings. The van der Waals surface area contributed by atoms with Crippen LogP contribution in [0.15, 0.2) is 30.5 Å². The number of carboxylic acids is 6. The van der Waals surface area contributed by atoms with E-state index in [2.05, 4.69) is 57.5 Å². The summed E-state index contributed by atoms with van der Waals surface area (Å²) < 4.78 is 14.0. The molecular weight excluding hydrogens is 1130 g/mol. The van der Waals surface area contributed by atoms with Crippen LogP contribution in [0.1, 0.15) is 76.3 Å². The van der Waals surface area contributed by atoms with Gasteiger partial charge in [-0.05, 0) is 76.3 Å². The first-order valence-corrected chi connectivity index (χ1v) is 26.1. The lowest BCUT2D eigenvalue weighted by molar-refractivity contribution is -0.384. The number of alkyl halides is 1. The van der Waals surface area contributed by atoms with Gasteiger partial charge in [0.1, 0.15) is 42.3 Å². The van der Waals surface area contributed by atoms with E-state index < -0.39 is 120 Å². The van der Waals surface area contributed by atoms with E-state index in [-0.39, 0.29) is 138 Å². The van der Waals surface area contributed by atoms with Gasteiger partial charge in [-0.25, -0.2) is 43.4 Å². The maximum Gasteiger partial charge on any atom is 0.326 e. The monoisotopic (exact) mass is 1190 g/mol. The van der Waals surface area contributed by atoms with Crippen LogP contribution < -0.4 is 47.9 Å². The minimum Gasteiger partial charge on any atom is -0.481 e. The van der Waals surface area contributed by atoms with Gasteiger partial charge in [0.25, 0.3) is 0 Å². The van der Waals surface area contributed by atoms with Crippen LogP contribution >= 0.6 is 0 Å². The number of urea groups is 2. The van der Waals surface area contributed by atoms with E-state index in [1.54, 1.807) is 0 Å². The molecule has 15 N–H and O–H groups in total. The predicted molar refractivity (Wildman–Crippen MR) is 290 cm³/mol. The molecular formula is C47H68FN17O19. The third kappa shape index (κ3) is 26.6. The van der Waals surface area contributed by atoms with E-state index >= 15 is 0 Å². The van der Waals surface area contributed by atoms with Crippen molar-refractivity contribution >= 4 is 88.4 Å². The fourth-order valence-electron chi connectivity index (χ4n) is 7.65. The highest BCUT2D eigenvalue weighted by molar-refractivity contribution is 5.87. The molecule has 0 aliphatic rings. The summed E-state index contributed by atoms with van der Waals surface area (Å²) in [6.07, 6.45) is 0.625. The first-order chi connectivity index (χ1) is 39.9. The Balaban J connectivity index is 1.63. The number of nitro groups is 2. The standard InChI is InChI=1S/C47H68FN17O19/c48-17-5-6-28-26-63(61-60-28)27-37(66)51-22-25-62(23-20-49-35-13-11-33(64(81)82)40(58-35)52-18-3-1-7-29(42(71)72)54-46(79)56-31(44(75)76)9-15-38(67)68)24-21-50-36-14-12-34(65(83)84)41(59-36)53-19-4-2-8-30(43(73)74)55-47(80)57-32(45(77)78)10-16-39(69)70/h11-14,26,29-32H,1-10,15-25,27H2,(H,51,66)(H,67,68)(H,69,70)(H,71,72)(H,73,74)(H,75,76)(H,77,78)(H2,49,52,58)(H2,50,53,59)(H2,54,56,79)(H2,55,57,80)/t29?,30?,31-,32-/m0/s1. The number of carbonyl (C=O) groups is 9. The number of unbranched alkanes of at least 4 members (excludes halogenated alkanes) is 2. The summed E-state index contributed by atoms with van der Waals surface area (Å²) in [5, 5.41) is 110. The Kier molecular flexibility index (Phi) is 29.7. The van der Waals surface area contributed by atoms with Gasteiger partial charge in [-0.3, -0.25) is 43.9 Å². The highest BCUT2D eigenvalue weighted by atomic mass is 19.1. The number of nitrogens with one attached hydrogen (secondary N) is 9. The number of halogens is 1. The third-order valence-electron chi connectivity index (χ3n) is 11.9. The van der Waals surface area contributed by atoms with Crippen molar-refractivity contribution < 1.29 is 88.0 Å². The van der Waals surface area contributed by atoms with Gasteiger partial charge in [-0.1, -0.05) is 5.21 Å². The first kappa shape index (κ1) is 68.4. The summed E-state index contributed by atoms with van der Waals surface area (Å²) in [5.41, 5.74) is -0.238. The average molecular weight is 1190 g/mol. The van der Waals surface area contributed by atoms with Gasteiger partial charge in [0.2, 0.25) is 17.5 Å². The largest absolute Gasteiger partial charge is 0.481 e. The number of nitrogens with zero attached hydrogens (tertiary/aromatic N) is 8. The van der Waals surface area contributed by atoms with Crippen molar-refractivity contribution in [3.05, 3.63) is 56.4 Å². The summed E-state index contributed by atoms with van der Waals surface area (Å²) in [7, 11) is 0. The maximum atomic E-state index is 12.8. The van der Waals surface area contributed by atoms with Gasteiger partial charge in [-0.2, -0.15) is 0 Å². The van der Waals surface area contributed by atoms with E-state index in [0.717, 1.165) is 0 Å². The molecule has 0 saturated carbocycles. The third-order valence-corrected chi connectivity index (χ3v) is 11.9. The molecule has 3 aromatic rings. The molecule has 3 rings (SSSR count). The summed E-state index contributed by atoms with van der Waals surface area (Å²) in [4.78, 5) is 139. The lowest BCUT2D eigenvalue weighted by atomic mass is 10.1. The van der Waals surface area contributed by atoms with E-state index in [1.165, 1.54) is 35.1 Å². The fraction of sp³-hybridized carbons (Fsp3) is 0.553. The van der Waals surface area contributed by atoms with Crippen molar-refractivity contribution in [1.82, 2.24) is 56.4 Å². The molecule has 2 unspecified atom stereocenters. The Morgan fingerprint density at radius 3 is 1.37 bits per heavy atom. The number of anilines is 4. The highest BCUT2D eigenvalue weighted by Gasteiger charge is 2.27. The number of aryl methyl sites for hydroxylation is 1. The summed E-state index contributed by atoms with van der Waals surface area (Å²) in [6, 6.07) is -3.22. The van der Waals surface area contributed by atoms with Crippen LogP contribution in [0.25, 0.3) is 0 Å². The van der Waals surface area contributed by atoms with E-state index in [1.807, 2.05) is 15.5 Å². The van der Waals surface area contributed by atoms with Gasteiger partial charge >= 0.3 is 59.3 Å². The molecule has 0 spiro atoms. The number of aliphatic carboxylic acids is 6. The zero-order chi connectivity index (χ0) is 62.1. The summed E-state index contributed by atoms with van der Waals surface area (Å²) >= 11 is 0. The smallest absolute Gasteiger partial charge is 0.326 e. The Morgan fingerprint density at radius 2 is 0.976 bits per heavy atom. The normalized spacial score (nSPS) is 12.3. The lowest BCUT2D eigenvalue weighted by Gasteiger charge is -2.23. The Bertz CT molecular complexity index is 2590. The molecule has 0 aliphatic carbocycles. The molecule has 0 radical (unpaired) electrons. The van der Waals surface area contributed by atoms with E-state index in [4.69, 9.17) is 10.2 Å². The molecule has 36 nitrogen and oxygen atoms in total. The molecule has 0 aromatic carbocycles. The molecule has 4 atom stereocenters. The molecule has 3 aromatic heterocycles. The van der Waals surface area contributed by atoms with Crippen LogP contribution in [0.3, 0.4) is 0 Å². The molecule has 0 bridgehead atoms. The molecule has 0 aliphatic heterocycles. The number of pyridine rings is 2. The van der Waals surface area contributed by atoms with Gasteiger partial charge in [0, 0.05) is 83.5 Å². The molecule has 37 heteroatoms. The molecule has 3 heterocycles. The van der Waals surface area contributed by atoms with Gasteiger partial charge < -0.3 is 78.5 Å². The summed E-state index contributed by atoms with van der Waals surface area (Å²) in [5.74, 6) is -8.71. The number of aromatic nitrogens is 5. The topological polar surface area (TPSA) is 529 Å². The van der Waals surface area contributed by atoms with Crippen LogP contribution in [-0.4, -0.2) is 207 Å². The minimum atomic E-state index is -1.59. The quantitative estimate of drug-likeness (QED) is 0.0211. The van der Waals surface area contributed by atoms with Gasteiger partial charge in [-0.15, -0.1) is 5.10 Å². The maximum absolute atomic E-state index is 12.8. The van der Waals surface area contributed by atoms with Crippen LogP contribution in [-0.2, 0) is 46.5 Å². The number of carboxylic acid groups (broad SMARTS) is 6. The second kappa shape index (κ2) is 36.5. The van der Waals surface area contributed by atoms with Crippen molar-refractivity contribution in [1.29, 1.82) is 0 Å². The molecule has 462 valence electrons. The van der Waals surface area contributed by atoms with Crippen LogP contribution in [0.2, 0.25) is 0 Å². The molecule has 0 saturated heterocycles. The highest BCUT2D eigenvalue weighted by Crippen LogP contribution is 2.25. The Labute approximate surface area is 476 Å². The van der Waals surface area contributed by atoms with Gasteiger partial charge in [0.15, 0.2) is 0 Å². The SMILES string of the molecule is O=C(O)CC[C@H](NC(=O)NC(CCCCNc1nc(NCCN(CCNC(=O)Cn2cc(CCCF)nn2)CCNc2ccc([N+](=O)[O-])c(NCCCCC(NC(=O)N[C@@H](CCC(=O)O)C(=O)O)C(=O)O)n2)ccc1[N+](=O)[O-])C(=O)O)C(=O)O. The number of rotatable bonds is 44. The second-order valence-corrected chi connectivity index (χ2v) is 18.4. The van der Waals surface area contributed by atoms with E-state index in [0.29, 0.717) is 12.1 Å². The zero-order valence-electron chi connectivity index (χ0n) is 45.2. The lowest BCUT2D eigenvalue weighted by Crippen LogP contribution is -2.51. The van der Waals surface area contributed by atoms with Crippen LogP contribution in [0.5, 0.6) is 0 Å². The number of carbonyl (C=O) groups excluding carboxylic acids is 3. The van der Waals surface area contributed by atoms with Crippen molar-refractivity contribution in [3.63, 3.8) is 0 Å². The van der Waals surface area contributed by atoms with Crippen molar-refractivity contribution in [2.75, 3.05) is 80.3 Å². The Morgan fingerprint density at radius 1 is 0.560 bits per heavy atom. The van der Waals surface area contributed by atoms with Crippen molar-refractivity contribution in [2.45, 2.75) is 108 Å². The summed E-state index contributed by atoms with van der Waals surface area (Å²) in [6.45, 7) is 0.801. The average Bonchev–Trinajstić information content (AvgIpc) is 3.99. The number of hydrogen-bond acceptors (Lipinski definition) is 22. The van der Waals surface area contributed by atoms with Crippen molar-refractivity contribution in [3.8, 4) is 0 Å². The van der Waals surface area contributed by atoms with E-state index in [9.17, 15) is 88.2 Å². The van der Waals surface area contributed by atoms with Crippen LogP contribution in [0, 0.1) is 20.2 Å².